The first-order valence-electron chi connectivity index (χ1n) is 5.28. The van der Waals surface area contributed by atoms with Gasteiger partial charge in [0.25, 0.3) is 0 Å². The maximum atomic E-state index is 6.01. The molecule has 1 aromatic carbocycles. The highest BCUT2D eigenvalue weighted by Crippen LogP contribution is 2.30. The van der Waals surface area contributed by atoms with E-state index >= 15 is 0 Å². The molecular formula is C12H17NO. The number of hydrogen-bond donors (Lipinski definition) is 1. The van der Waals surface area contributed by atoms with Gasteiger partial charge in [-0.05, 0) is 24.0 Å². The topological polar surface area (TPSA) is 35.2 Å². The highest BCUT2D eigenvalue weighted by molar-refractivity contribution is 5.30. The Balaban J connectivity index is 2.30. The fourth-order valence-corrected chi connectivity index (χ4v) is 2.06. The third-order valence-corrected chi connectivity index (χ3v) is 2.88. The van der Waals surface area contributed by atoms with Crippen LogP contribution in [-0.2, 0) is 11.2 Å². The SMILES string of the molecule is CCc1ccccc1C1OCCC1N. The monoisotopic (exact) mass is 191 g/mol. The van der Waals surface area contributed by atoms with Crippen molar-refractivity contribution >= 4 is 0 Å². The van der Waals surface area contributed by atoms with Crippen molar-refractivity contribution in [3.63, 3.8) is 0 Å². The van der Waals surface area contributed by atoms with Crippen molar-refractivity contribution < 1.29 is 4.74 Å². The minimum absolute atomic E-state index is 0.117. The lowest BCUT2D eigenvalue weighted by molar-refractivity contribution is 0.104. The van der Waals surface area contributed by atoms with Crippen LogP contribution in [0.2, 0.25) is 0 Å². The number of benzene rings is 1. The molecule has 2 unspecified atom stereocenters. The van der Waals surface area contributed by atoms with Crippen LogP contribution in [0, 0.1) is 0 Å². The highest BCUT2D eigenvalue weighted by atomic mass is 16.5. The van der Waals surface area contributed by atoms with Gasteiger partial charge in [-0.3, -0.25) is 0 Å². The first kappa shape index (κ1) is 9.69. The van der Waals surface area contributed by atoms with E-state index in [4.69, 9.17) is 10.5 Å². The highest BCUT2D eigenvalue weighted by Gasteiger charge is 2.27. The zero-order valence-electron chi connectivity index (χ0n) is 8.57. The molecule has 0 spiro atoms. The molecule has 1 saturated heterocycles. The summed E-state index contributed by atoms with van der Waals surface area (Å²) in [5.41, 5.74) is 8.64. The summed E-state index contributed by atoms with van der Waals surface area (Å²) in [7, 11) is 0. The molecule has 1 aromatic rings. The molecule has 1 aliphatic rings. The van der Waals surface area contributed by atoms with Gasteiger partial charge in [0.1, 0.15) is 0 Å². The fraction of sp³-hybridized carbons (Fsp3) is 0.500. The molecule has 0 radical (unpaired) electrons. The number of nitrogens with two attached hydrogens (primary N) is 1. The Labute approximate surface area is 85.1 Å². The fourth-order valence-electron chi connectivity index (χ4n) is 2.06. The molecule has 2 N–H and O–H groups in total. The van der Waals surface area contributed by atoms with E-state index in [2.05, 4.69) is 31.2 Å². The lowest BCUT2D eigenvalue weighted by atomic mass is 9.96. The molecule has 2 atom stereocenters. The minimum atomic E-state index is 0.117. The van der Waals surface area contributed by atoms with Crippen molar-refractivity contribution in [1.29, 1.82) is 0 Å². The van der Waals surface area contributed by atoms with Gasteiger partial charge in [0.15, 0.2) is 0 Å². The zero-order valence-corrected chi connectivity index (χ0v) is 8.57. The van der Waals surface area contributed by atoms with Gasteiger partial charge in [0.2, 0.25) is 0 Å². The summed E-state index contributed by atoms with van der Waals surface area (Å²) in [6.07, 6.45) is 2.14. The predicted octanol–water partition coefficient (Wildman–Crippen LogP) is 2.04. The van der Waals surface area contributed by atoms with Crippen molar-refractivity contribution in [2.45, 2.75) is 31.9 Å². The van der Waals surface area contributed by atoms with Crippen molar-refractivity contribution in [2.24, 2.45) is 5.73 Å². The first-order valence-corrected chi connectivity index (χ1v) is 5.28. The first-order chi connectivity index (χ1) is 6.83. The van der Waals surface area contributed by atoms with Crippen LogP contribution in [0.3, 0.4) is 0 Å². The second-order valence-electron chi connectivity index (χ2n) is 3.80. The Morgan fingerprint density at radius 1 is 1.43 bits per heavy atom. The molecule has 1 aliphatic heterocycles. The van der Waals surface area contributed by atoms with Crippen molar-refractivity contribution in [3.8, 4) is 0 Å². The van der Waals surface area contributed by atoms with Crippen molar-refractivity contribution in [1.82, 2.24) is 0 Å². The van der Waals surface area contributed by atoms with Crippen LogP contribution < -0.4 is 5.73 Å². The molecule has 1 fully saturated rings. The van der Waals surface area contributed by atoms with Gasteiger partial charge in [0.05, 0.1) is 6.10 Å². The van der Waals surface area contributed by atoms with E-state index in [9.17, 15) is 0 Å². The molecule has 0 aromatic heterocycles. The van der Waals surface area contributed by atoms with E-state index in [1.165, 1.54) is 11.1 Å². The third kappa shape index (κ3) is 1.68. The quantitative estimate of drug-likeness (QED) is 0.776. The van der Waals surface area contributed by atoms with E-state index in [-0.39, 0.29) is 12.1 Å². The zero-order chi connectivity index (χ0) is 9.97. The summed E-state index contributed by atoms with van der Waals surface area (Å²) in [6.45, 7) is 2.96. The number of hydrogen-bond acceptors (Lipinski definition) is 2. The Bertz CT molecular complexity index is 311. The maximum Gasteiger partial charge on any atom is 0.0979 e. The Morgan fingerprint density at radius 3 is 2.86 bits per heavy atom. The van der Waals surface area contributed by atoms with Crippen LogP contribution in [0.15, 0.2) is 24.3 Å². The lowest BCUT2D eigenvalue weighted by Gasteiger charge is -2.18. The summed E-state index contributed by atoms with van der Waals surface area (Å²) in [5.74, 6) is 0. The normalized spacial score (nSPS) is 26.7. The molecule has 0 aliphatic carbocycles. The van der Waals surface area contributed by atoms with Gasteiger partial charge in [-0.15, -0.1) is 0 Å². The minimum Gasteiger partial charge on any atom is -0.372 e. The van der Waals surface area contributed by atoms with E-state index in [1.54, 1.807) is 0 Å². The molecule has 2 nitrogen and oxygen atoms in total. The maximum absolute atomic E-state index is 6.01. The van der Waals surface area contributed by atoms with Crippen LogP contribution in [0.25, 0.3) is 0 Å². The summed E-state index contributed by atoms with van der Waals surface area (Å²) < 4.78 is 5.67. The molecule has 0 bridgehead atoms. The van der Waals surface area contributed by atoms with Crippen LogP contribution >= 0.6 is 0 Å². The second kappa shape index (κ2) is 4.11. The number of ether oxygens (including phenoxy) is 1. The molecular weight excluding hydrogens is 174 g/mol. The largest absolute Gasteiger partial charge is 0.372 e. The van der Waals surface area contributed by atoms with Gasteiger partial charge in [-0.25, -0.2) is 0 Å². The van der Waals surface area contributed by atoms with Gasteiger partial charge in [-0.2, -0.15) is 0 Å². The van der Waals surface area contributed by atoms with Crippen LogP contribution in [0.1, 0.15) is 30.6 Å². The summed E-state index contributed by atoms with van der Waals surface area (Å²) in [6, 6.07) is 8.59. The Morgan fingerprint density at radius 2 is 2.21 bits per heavy atom. The Kier molecular flexibility index (Phi) is 2.85. The van der Waals surface area contributed by atoms with E-state index < -0.39 is 0 Å². The van der Waals surface area contributed by atoms with E-state index in [0.29, 0.717) is 0 Å². The van der Waals surface area contributed by atoms with Gasteiger partial charge < -0.3 is 10.5 Å². The molecule has 0 saturated carbocycles. The lowest BCUT2D eigenvalue weighted by Crippen LogP contribution is -2.24. The Hall–Kier alpha value is -0.860. The molecule has 1 heterocycles. The molecule has 0 amide bonds. The van der Waals surface area contributed by atoms with E-state index in [0.717, 1.165) is 19.4 Å². The number of rotatable bonds is 2. The average Bonchev–Trinajstić information content (AvgIpc) is 2.64. The summed E-state index contributed by atoms with van der Waals surface area (Å²) >= 11 is 0. The van der Waals surface area contributed by atoms with Gasteiger partial charge in [0, 0.05) is 12.6 Å². The molecule has 14 heavy (non-hydrogen) atoms. The average molecular weight is 191 g/mol. The van der Waals surface area contributed by atoms with Crippen LogP contribution in [-0.4, -0.2) is 12.6 Å². The van der Waals surface area contributed by atoms with E-state index in [1.807, 2.05) is 0 Å². The second-order valence-corrected chi connectivity index (χ2v) is 3.80. The van der Waals surface area contributed by atoms with Gasteiger partial charge in [-0.1, -0.05) is 31.2 Å². The third-order valence-electron chi connectivity index (χ3n) is 2.88. The van der Waals surface area contributed by atoms with Crippen LogP contribution in [0.4, 0.5) is 0 Å². The van der Waals surface area contributed by atoms with Crippen molar-refractivity contribution in [3.05, 3.63) is 35.4 Å². The van der Waals surface area contributed by atoms with Crippen molar-refractivity contribution in [2.75, 3.05) is 6.61 Å². The standard InChI is InChI=1S/C12H17NO/c1-2-9-5-3-4-6-10(9)12-11(13)7-8-14-12/h3-6,11-12H,2,7-8,13H2,1H3. The molecule has 2 heteroatoms. The van der Waals surface area contributed by atoms with Gasteiger partial charge >= 0.3 is 0 Å². The summed E-state index contributed by atoms with van der Waals surface area (Å²) in [4.78, 5) is 0. The smallest absolute Gasteiger partial charge is 0.0979 e. The molecule has 76 valence electrons. The predicted molar refractivity (Wildman–Crippen MR) is 57.1 cm³/mol. The van der Waals surface area contributed by atoms with Crippen LogP contribution in [0.5, 0.6) is 0 Å². The number of aryl methyl sites for hydroxylation is 1. The molecule has 2 rings (SSSR count). The summed E-state index contributed by atoms with van der Waals surface area (Å²) in [5, 5.41) is 0.